The largest absolute Gasteiger partial charge is 0.497 e. The molecule has 4 heterocycles. The number of halogens is 3. The molecule has 3 aromatic carbocycles. The molecular weight excluding hydrogens is 922 g/mol. The lowest BCUT2D eigenvalue weighted by atomic mass is 9.71. The normalized spacial score (nSPS) is 18.7. The number of rotatable bonds is 20. The Morgan fingerprint density at radius 2 is 1.60 bits per heavy atom. The number of piperidine rings is 2. The van der Waals surface area contributed by atoms with E-state index in [9.17, 15) is 32.3 Å². The molecule has 14 nitrogen and oxygen atoms in total. The van der Waals surface area contributed by atoms with Crippen molar-refractivity contribution in [2.45, 2.75) is 115 Å². The Balaban J connectivity index is 0.930. The number of carbonyl (C=O) groups excluding carboxylic acids is 3. The summed E-state index contributed by atoms with van der Waals surface area (Å²) in [6, 6.07) is 20.8. The molecule has 1 aromatic heterocycles. The van der Waals surface area contributed by atoms with Gasteiger partial charge in [-0.2, -0.15) is 13.2 Å². The number of imidazole rings is 1. The maximum absolute atomic E-state index is 14.3. The number of hydrogen-bond donors (Lipinski definition) is 1. The van der Waals surface area contributed by atoms with Crippen LogP contribution in [0.15, 0.2) is 71.5 Å². The summed E-state index contributed by atoms with van der Waals surface area (Å²) in [5.74, 6) is 0.372. The molecule has 18 heteroatoms. The summed E-state index contributed by atoms with van der Waals surface area (Å²) in [7, 11) is 1.85. The van der Waals surface area contributed by atoms with E-state index in [1.54, 1.807) is 32.4 Å². The second kappa shape index (κ2) is 22.2. The van der Waals surface area contributed by atoms with Crippen LogP contribution in [-0.4, -0.2) is 128 Å². The number of aromatic nitrogens is 2. The molecule has 7 rings (SSSR count). The van der Waals surface area contributed by atoms with Crippen LogP contribution in [0.25, 0.3) is 11.0 Å². The molecule has 0 bridgehead atoms. The maximum Gasteiger partial charge on any atom is 0.395 e. The summed E-state index contributed by atoms with van der Waals surface area (Å²) in [6.45, 7) is 12.7. The van der Waals surface area contributed by atoms with E-state index in [0.29, 0.717) is 87.7 Å². The maximum atomic E-state index is 14.3. The van der Waals surface area contributed by atoms with Crippen molar-refractivity contribution in [3.05, 3.63) is 88.3 Å². The monoisotopic (exact) mass is 993 g/mol. The highest BCUT2D eigenvalue weighted by molar-refractivity contribution is 6.76. The molecule has 3 aliphatic rings. The fourth-order valence-electron chi connectivity index (χ4n) is 9.90. The van der Waals surface area contributed by atoms with Gasteiger partial charge >= 0.3 is 11.9 Å². The number of fused-ring (bicyclic) bond motifs is 1. The number of carbonyl (C=O) groups is 3. The van der Waals surface area contributed by atoms with Crippen LogP contribution in [0.3, 0.4) is 0 Å². The van der Waals surface area contributed by atoms with Crippen LogP contribution in [0.2, 0.25) is 25.7 Å². The highest BCUT2D eigenvalue weighted by Gasteiger charge is 2.48. The molecule has 0 radical (unpaired) electrons. The van der Waals surface area contributed by atoms with Crippen LogP contribution in [0.5, 0.6) is 11.5 Å². The minimum absolute atomic E-state index is 0.0867. The standard InChI is InChI=1S/C52H71F3N6O8Si/c1-50(2,52(53,54)55)35-59(28-23-51(24-29-67-30-25-51)38-13-17-39(66-4)18-14-38)33-37-11-15-40(16-12-37)69-41-21-26-58(27-22-41)34-45(62)56-42-9-8-10-43-47(42)57(3)49(65)61(43)44-19-20-46(63)60(48(44)64)36-68-31-32-70(5,6)7/h8-18,41,44H,19-36H2,1-7H3,(H,56,62). The van der Waals surface area contributed by atoms with Crippen molar-refractivity contribution in [3.8, 4) is 11.5 Å². The Labute approximate surface area is 410 Å². The number of imide groups is 1. The smallest absolute Gasteiger partial charge is 0.395 e. The van der Waals surface area contributed by atoms with E-state index in [1.807, 2.05) is 41.3 Å². The van der Waals surface area contributed by atoms with Gasteiger partial charge < -0.3 is 24.3 Å². The quantitative estimate of drug-likeness (QED) is 0.0523. The molecule has 70 heavy (non-hydrogen) atoms. The van der Waals surface area contributed by atoms with Crippen LogP contribution in [0.1, 0.15) is 76.0 Å². The second-order valence-corrected chi connectivity index (χ2v) is 26.8. The predicted octanol–water partition coefficient (Wildman–Crippen LogP) is 8.36. The summed E-state index contributed by atoms with van der Waals surface area (Å²) in [5, 5.41) is 3.00. The number of likely N-dealkylation sites (tertiary alicyclic amines) is 2. The first-order valence-electron chi connectivity index (χ1n) is 24.6. The molecule has 382 valence electrons. The number of nitrogens with zero attached hydrogens (tertiary/aromatic N) is 5. The van der Waals surface area contributed by atoms with Crippen molar-refractivity contribution in [2.24, 2.45) is 12.5 Å². The number of para-hydroxylation sites is 1. The third-order valence-corrected chi connectivity index (χ3v) is 16.1. The van der Waals surface area contributed by atoms with Gasteiger partial charge in [-0.3, -0.25) is 38.2 Å². The first-order valence-corrected chi connectivity index (χ1v) is 28.3. The fourth-order valence-corrected chi connectivity index (χ4v) is 10.7. The average Bonchev–Trinajstić information content (AvgIpc) is 3.57. The van der Waals surface area contributed by atoms with E-state index in [-0.39, 0.29) is 56.0 Å². The number of hydrogen-bond acceptors (Lipinski definition) is 10. The number of alkyl halides is 3. The molecule has 1 N–H and O–H groups in total. The van der Waals surface area contributed by atoms with E-state index in [2.05, 4.69) is 42.0 Å². The summed E-state index contributed by atoms with van der Waals surface area (Å²) in [5.41, 5.74) is 0.884. The van der Waals surface area contributed by atoms with Crippen LogP contribution < -0.4 is 20.5 Å². The number of benzene rings is 3. The first-order chi connectivity index (χ1) is 33.2. The predicted molar refractivity (Wildman–Crippen MR) is 266 cm³/mol. The minimum Gasteiger partial charge on any atom is -0.497 e. The number of nitrogens with one attached hydrogen (secondary N) is 1. The van der Waals surface area contributed by atoms with Gasteiger partial charge in [-0.25, -0.2) is 4.79 Å². The lowest BCUT2D eigenvalue weighted by Crippen LogP contribution is -2.48. The van der Waals surface area contributed by atoms with E-state index in [1.165, 1.54) is 23.0 Å². The van der Waals surface area contributed by atoms with E-state index >= 15 is 0 Å². The van der Waals surface area contributed by atoms with Crippen molar-refractivity contribution in [1.29, 1.82) is 0 Å². The number of aryl methyl sites for hydroxylation is 1. The van der Waals surface area contributed by atoms with Gasteiger partial charge in [-0.1, -0.05) is 50.0 Å². The van der Waals surface area contributed by atoms with E-state index in [4.69, 9.17) is 18.9 Å². The summed E-state index contributed by atoms with van der Waals surface area (Å²) in [4.78, 5) is 58.9. The Kier molecular flexibility index (Phi) is 16.7. The SMILES string of the molecule is COc1ccc(C2(CCN(Cc3ccc(OC4CCN(CC(=O)Nc5cccc6c5n(C)c(=O)n6C5CCC(=O)N(COCC[Si](C)(C)C)C5=O)CC4)cc3)CC(C)(C)C(F)(F)F)CCOCC2)cc1. The van der Waals surface area contributed by atoms with Gasteiger partial charge in [0, 0.05) is 73.0 Å². The van der Waals surface area contributed by atoms with E-state index in [0.717, 1.165) is 40.7 Å². The Morgan fingerprint density at radius 3 is 2.24 bits per heavy atom. The van der Waals surface area contributed by atoms with Gasteiger partial charge in [0.2, 0.25) is 11.8 Å². The number of anilines is 1. The number of ether oxygens (including phenoxy) is 4. The first kappa shape index (κ1) is 52.8. The molecule has 0 spiro atoms. The summed E-state index contributed by atoms with van der Waals surface area (Å²) in [6.07, 6.45) is -0.548. The molecular formula is C52H71F3N6O8Si. The highest BCUT2D eigenvalue weighted by Crippen LogP contribution is 2.42. The molecule has 3 saturated heterocycles. The van der Waals surface area contributed by atoms with Gasteiger partial charge in [-0.05, 0) is 112 Å². The lowest BCUT2D eigenvalue weighted by Gasteiger charge is -2.41. The third kappa shape index (κ3) is 12.7. The molecule has 4 aromatic rings. The second-order valence-electron chi connectivity index (χ2n) is 21.2. The zero-order chi connectivity index (χ0) is 50.4. The van der Waals surface area contributed by atoms with Gasteiger partial charge in [-0.15, -0.1) is 0 Å². The Hall–Kier alpha value is -5.01. The van der Waals surface area contributed by atoms with E-state index < -0.39 is 37.3 Å². The van der Waals surface area contributed by atoms with Gasteiger partial charge in [0.05, 0.1) is 35.8 Å². The average molecular weight is 993 g/mol. The van der Waals surface area contributed by atoms with Crippen molar-refractivity contribution in [3.63, 3.8) is 0 Å². The molecule has 3 aliphatic heterocycles. The lowest BCUT2D eigenvalue weighted by molar-refractivity contribution is -0.217. The molecule has 3 fully saturated rings. The summed E-state index contributed by atoms with van der Waals surface area (Å²) < 4.78 is 68.9. The van der Waals surface area contributed by atoms with Crippen LogP contribution in [-0.2, 0) is 42.9 Å². The van der Waals surface area contributed by atoms with Crippen molar-refractivity contribution < 1.29 is 46.5 Å². The zero-order valence-corrected chi connectivity index (χ0v) is 42.9. The van der Waals surface area contributed by atoms with Crippen LogP contribution in [0, 0.1) is 5.41 Å². The van der Waals surface area contributed by atoms with Crippen LogP contribution in [0.4, 0.5) is 18.9 Å². The number of amides is 3. The molecule has 1 atom stereocenters. The van der Waals surface area contributed by atoms with Crippen molar-refractivity contribution in [1.82, 2.24) is 23.8 Å². The van der Waals surface area contributed by atoms with Gasteiger partial charge in [0.15, 0.2) is 0 Å². The topological polar surface area (TPSA) is 137 Å². The van der Waals surface area contributed by atoms with Crippen LogP contribution >= 0.6 is 0 Å². The third-order valence-electron chi connectivity index (χ3n) is 14.4. The minimum atomic E-state index is -4.37. The number of methoxy groups -OCH3 is 1. The van der Waals surface area contributed by atoms with Crippen molar-refractivity contribution >= 4 is 42.5 Å². The van der Waals surface area contributed by atoms with Crippen molar-refractivity contribution in [2.75, 3.05) is 71.7 Å². The summed E-state index contributed by atoms with van der Waals surface area (Å²) >= 11 is 0. The highest BCUT2D eigenvalue weighted by atomic mass is 28.3. The Morgan fingerprint density at radius 1 is 0.929 bits per heavy atom. The molecule has 1 unspecified atom stereocenters. The Bertz CT molecular complexity index is 2490. The zero-order valence-electron chi connectivity index (χ0n) is 41.9. The van der Waals surface area contributed by atoms with Gasteiger partial charge in [0.1, 0.15) is 30.4 Å². The van der Waals surface area contributed by atoms with Gasteiger partial charge in [0.25, 0.3) is 5.91 Å². The molecule has 0 saturated carbocycles. The molecule has 0 aliphatic carbocycles. The molecule has 3 amide bonds. The fraction of sp³-hybridized carbons (Fsp3) is 0.577.